The summed E-state index contributed by atoms with van der Waals surface area (Å²) < 4.78 is 0. The zero-order valence-electron chi connectivity index (χ0n) is 8.51. The molecular weight excluding hydrogens is 176 g/mol. The summed E-state index contributed by atoms with van der Waals surface area (Å²) in [6, 6.07) is 0. The molecule has 0 aromatic heterocycles. The zero-order valence-corrected chi connectivity index (χ0v) is 8.51. The van der Waals surface area contributed by atoms with Crippen molar-refractivity contribution in [3.8, 4) is 12.3 Å². The first kappa shape index (κ1) is 11.1. The molecule has 3 nitrogen and oxygen atoms in total. The molecule has 1 aliphatic rings. The molecule has 1 aliphatic heterocycles. The summed E-state index contributed by atoms with van der Waals surface area (Å²) in [4.78, 5) is 11.4. The molecular formula is C11H18N2O. The maximum absolute atomic E-state index is 11.4. The number of carbonyl (C=O) groups is 1. The number of hydrogen-bond acceptors (Lipinski definition) is 2. The van der Waals surface area contributed by atoms with Crippen molar-refractivity contribution in [1.29, 1.82) is 0 Å². The Hall–Kier alpha value is -1.01. The molecule has 14 heavy (non-hydrogen) atoms. The van der Waals surface area contributed by atoms with Crippen molar-refractivity contribution < 1.29 is 4.79 Å². The van der Waals surface area contributed by atoms with Gasteiger partial charge in [0.2, 0.25) is 5.91 Å². The molecule has 1 fully saturated rings. The second-order valence-corrected chi connectivity index (χ2v) is 3.72. The lowest BCUT2D eigenvalue weighted by atomic mass is 9.96. The molecule has 1 rings (SSSR count). The van der Waals surface area contributed by atoms with Gasteiger partial charge in [-0.3, -0.25) is 4.79 Å². The first-order valence-corrected chi connectivity index (χ1v) is 5.24. The van der Waals surface area contributed by atoms with Gasteiger partial charge in [-0.25, -0.2) is 0 Å². The van der Waals surface area contributed by atoms with E-state index in [1.165, 1.54) is 6.42 Å². The highest BCUT2D eigenvalue weighted by Gasteiger charge is 2.15. The van der Waals surface area contributed by atoms with Crippen LogP contribution in [-0.2, 0) is 4.79 Å². The Kier molecular flexibility index (Phi) is 5.09. The molecule has 1 heterocycles. The van der Waals surface area contributed by atoms with Gasteiger partial charge >= 0.3 is 0 Å². The quantitative estimate of drug-likeness (QED) is 0.506. The van der Waals surface area contributed by atoms with E-state index in [0.717, 1.165) is 19.5 Å². The van der Waals surface area contributed by atoms with E-state index < -0.39 is 0 Å². The van der Waals surface area contributed by atoms with Gasteiger partial charge in [-0.2, -0.15) is 0 Å². The number of terminal acetylenes is 1. The SMILES string of the molecule is C#CCCNC(=O)CC1CCCNC1. The lowest BCUT2D eigenvalue weighted by Gasteiger charge is -2.21. The number of amides is 1. The van der Waals surface area contributed by atoms with E-state index in [4.69, 9.17) is 6.42 Å². The minimum absolute atomic E-state index is 0.133. The molecule has 0 spiro atoms. The smallest absolute Gasteiger partial charge is 0.220 e. The highest BCUT2D eigenvalue weighted by molar-refractivity contribution is 5.76. The number of rotatable bonds is 4. The number of carbonyl (C=O) groups excluding carboxylic acids is 1. The van der Waals surface area contributed by atoms with Crippen LogP contribution in [0.25, 0.3) is 0 Å². The molecule has 0 aliphatic carbocycles. The van der Waals surface area contributed by atoms with Crippen molar-refractivity contribution >= 4 is 5.91 Å². The van der Waals surface area contributed by atoms with Crippen molar-refractivity contribution in [1.82, 2.24) is 10.6 Å². The van der Waals surface area contributed by atoms with Gasteiger partial charge in [-0.15, -0.1) is 12.3 Å². The van der Waals surface area contributed by atoms with Crippen LogP contribution >= 0.6 is 0 Å². The lowest BCUT2D eigenvalue weighted by molar-refractivity contribution is -0.122. The molecule has 0 saturated carbocycles. The van der Waals surface area contributed by atoms with Crippen LogP contribution in [0.15, 0.2) is 0 Å². The van der Waals surface area contributed by atoms with Gasteiger partial charge in [0.05, 0.1) is 0 Å². The van der Waals surface area contributed by atoms with Crippen LogP contribution in [0.2, 0.25) is 0 Å². The predicted molar refractivity (Wildman–Crippen MR) is 56.7 cm³/mol. The van der Waals surface area contributed by atoms with Crippen molar-refractivity contribution in [3.05, 3.63) is 0 Å². The fourth-order valence-electron chi connectivity index (χ4n) is 1.71. The van der Waals surface area contributed by atoms with Crippen LogP contribution in [-0.4, -0.2) is 25.5 Å². The second-order valence-electron chi connectivity index (χ2n) is 3.72. The van der Waals surface area contributed by atoms with Crippen LogP contribution in [0, 0.1) is 18.3 Å². The number of nitrogens with one attached hydrogen (secondary N) is 2. The molecule has 0 bridgehead atoms. The maximum atomic E-state index is 11.4. The molecule has 0 radical (unpaired) electrons. The first-order chi connectivity index (χ1) is 6.83. The predicted octanol–water partition coefficient (Wildman–Crippen LogP) is 0.516. The van der Waals surface area contributed by atoms with Gasteiger partial charge in [0.15, 0.2) is 0 Å². The summed E-state index contributed by atoms with van der Waals surface area (Å²) in [5, 5.41) is 6.12. The van der Waals surface area contributed by atoms with E-state index in [1.807, 2.05) is 0 Å². The van der Waals surface area contributed by atoms with E-state index in [9.17, 15) is 4.79 Å². The van der Waals surface area contributed by atoms with Crippen molar-refractivity contribution in [2.75, 3.05) is 19.6 Å². The first-order valence-electron chi connectivity index (χ1n) is 5.24. The Labute approximate surface area is 85.6 Å². The van der Waals surface area contributed by atoms with Gasteiger partial charge in [0, 0.05) is 19.4 Å². The average molecular weight is 194 g/mol. The topological polar surface area (TPSA) is 41.1 Å². The third-order valence-corrected chi connectivity index (χ3v) is 2.46. The van der Waals surface area contributed by atoms with Crippen LogP contribution < -0.4 is 10.6 Å². The molecule has 78 valence electrons. The Morgan fingerprint density at radius 2 is 2.50 bits per heavy atom. The molecule has 0 aromatic carbocycles. The Bertz CT molecular complexity index is 214. The van der Waals surface area contributed by atoms with E-state index in [-0.39, 0.29) is 5.91 Å². The molecule has 1 atom stereocenters. The third kappa shape index (κ3) is 4.29. The Balaban J connectivity index is 2.10. The van der Waals surface area contributed by atoms with Crippen molar-refractivity contribution in [2.45, 2.75) is 25.7 Å². The van der Waals surface area contributed by atoms with Crippen molar-refractivity contribution in [2.24, 2.45) is 5.92 Å². The Morgan fingerprint density at radius 3 is 3.14 bits per heavy atom. The van der Waals surface area contributed by atoms with E-state index >= 15 is 0 Å². The van der Waals surface area contributed by atoms with Crippen LogP contribution in [0.5, 0.6) is 0 Å². The van der Waals surface area contributed by atoms with E-state index in [1.54, 1.807) is 0 Å². The summed E-state index contributed by atoms with van der Waals surface area (Å²) in [5.41, 5.74) is 0. The fraction of sp³-hybridized carbons (Fsp3) is 0.727. The van der Waals surface area contributed by atoms with Gasteiger partial charge in [-0.1, -0.05) is 0 Å². The molecule has 1 amide bonds. The second kappa shape index (κ2) is 6.44. The lowest BCUT2D eigenvalue weighted by Crippen LogP contribution is -2.34. The summed E-state index contributed by atoms with van der Waals surface area (Å²) in [7, 11) is 0. The van der Waals surface area contributed by atoms with Gasteiger partial charge < -0.3 is 10.6 Å². The summed E-state index contributed by atoms with van der Waals surface area (Å²) >= 11 is 0. The molecule has 1 saturated heterocycles. The van der Waals surface area contributed by atoms with Gasteiger partial charge in [-0.05, 0) is 31.8 Å². The number of piperidine rings is 1. The largest absolute Gasteiger partial charge is 0.355 e. The summed E-state index contributed by atoms with van der Waals surface area (Å²) in [6.45, 7) is 2.67. The minimum atomic E-state index is 0.133. The van der Waals surface area contributed by atoms with Crippen LogP contribution in [0.1, 0.15) is 25.7 Å². The molecule has 2 N–H and O–H groups in total. The minimum Gasteiger partial charge on any atom is -0.355 e. The highest BCUT2D eigenvalue weighted by Crippen LogP contribution is 2.13. The van der Waals surface area contributed by atoms with Crippen LogP contribution in [0.3, 0.4) is 0 Å². The van der Waals surface area contributed by atoms with Crippen LogP contribution in [0.4, 0.5) is 0 Å². The average Bonchev–Trinajstić information content (AvgIpc) is 2.20. The summed E-state index contributed by atoms with van der Waals surface area (Å²) in [5.74, 6) is 3.14. The van der Waals surface area contributed by atoms with Crippen molar-refractivity contribution in [3.63, 3.8) is 0 Å². The van der Waals surface area contributed by atoms with Gasteiger partial charge in [0.1, 0.15) is 0 Å². The Morgan fingerprint density at radius 1 is 1.64 bits per heavy atom. The standard InChI is InChI=1S/C11H18N2O/c1-2-3-7-13-11(14)8-10-5-4-6-12-9-10/h1,10,12H,3-9H2,(H,13,14). The molecule has 0 aromatic rings. The fourth-order valence-corrected chi connectivity index (χ4v) is 1.71. The zero-order chi connectivity index (χ0) is 10.2. The summed E-state index contributed by atoms with van der Waals surface area (Å²) in [6.07, 6.45) is 8.69. The number of hydrogen-bond donors (Lipinski definition) is 2. The monoisotopic (exact) mass is 194 g/mol. The van der Waals surface area contributed by atoms with Gasteiger partial charge in [0.25, 0.3) is 0 Å². The maximum Gasteiger partial charge on any atom is 0.220 e. The third-order valence-electron chi connectivity index (χ3n) is 2.46. The normalized spacial score (nSPS) is 21.2. The van der Waals surface area contributed by atoms with E-state index in [0.29, 0.717) is 25.3 Å². The highest BCUT2D eigenvalue weighted by atomic mass is 16.1. The molecule has 3 heteroatoms. The van der Waals surface area contributed by atoms with E-state index in [2.05, 4.69) is 16.6 Å². The molecule has 1 unspecified atom stereocenters.